The number of nitrogens with zero attached hydrogens (tertiary/aromatic N) is 2. The Labute approximate surface area is 167 Å². The summed E-state index contributed by atoms with van der Waals surface area (Å²) in [6.07, 6.45) is 1.12. The molecule has 0 spiro atoms. The Morgan fingerprint density at radius 1 is 1.07 bits per heavy atom. The highest BCUT2D eigenvalue weighted by atomic mass is 35.5. The van der Waals surface area contributed by atoms with Gasteiger partial charge in [0, 0.05) is 24.8 Å². The lowest BCUT2D eigenvalue weighted by Gasteiger charge is -2.17. The second-order valence-electron chi connectivity index (χ2n) is 6.29. The predicted molar refractivity (Wildman–Crippen MR) is 104 cm³/mol. The van der Waals surface area contributed by atoms with Crippen molar-refractivity contribution in [1.82, 2.24) is 14.5 Å². The lowest BCUT2D eigenvalue weighted by Crippen LogP contribution is -2.28. The van der Waals surface area contributed by atoms with Crippen molar-refractivity contribution in [3.63, 3.8) is 0 Å². The fourth-order valence-corrected chi connectivity index (χ4v) is 4.43. The highest BCUT2D eigenvalue weighted by Crippen LogP contribution is 2.25. The van der Waals surface area contributed by atoms with Crippen molar-refractivity contribution in [2.24, 2.45) is 0 Å². The molecule has 0 amide bonds. The van der Waals surface area contributed by atoms with E-state index in [2.05, 4.69) is 10.2 Å². The third-order valence-corrected chi connectivity index (χ3v) is 6.61. The van der Waals surface area contributed by atoms with E-state index in [-0.39, 0.29) is 22.3 Å². The van der Waals surface area contributed by atoms with Gasteiger partial charge in [0.2, 0.25) is 10.0 Å². The van der Waals surface area contributed by atoms with Gasteiger partial charge in [-0.05, 0) is 61.4 Å². The average Bonchev–Trinajstić information content (AvgIpc) is 3.10. The standard InChI is InChI=1S/C19H18ClF2N3O2S/c1-25(28(26,27)19-9-8-15(22)11-17(19)20)10-2-3-16-12-18(24-23-16)13-4-6-14(21)7-5-13/h4-9,11-12H,2-3,10H2,1H3,(H,23,24). The first-order chi connectivity index (χ1) is 13.3. The van der Waals surface area contributed by atoms with E-state index >= 15 is 0 Å². The van der Waals surface area contributed by atoms with Gasteiger partial charge in [-0.25, -0.2) is 21.5 Å². The number of nitrogens with one attached hydrogen (secondary N) is 1. The molecule has 0 aliphatic rings. The molecule has 0 saturated carbocycles. The van der Waals surface area contributed by atoms with E-state index in [1.165, 1.54) is 23.5 Å². The Morgan fingerprint density at radius 2 is 1.75 bits per heavy atom. The lowest BCUT2D eigenvalue weighted by atomic mass is 10.1. The van der Waals surface area contributed by atoms with Crippen LogP contribution in [-0.4, -0.2) is 36.5 Å². The van der Waals surface area contributed by atoms with E-state index in [1.807, 2.05) is 6.07 Å². The Hall–Kier alpha value is -2.29. The fraction of sp³-hybridized carbons (Fsp3) is 0.211. The highest BCUT2D eigenvalue weighted by molar-refractivity contribution is 7.89. The predicted octanol–water partition coefficient (Wildman–Crippen LogP) is 4.26. The van der Waals surface area contributed by atoms with Gasteiger partial charge in [0.1, 0.15) is 16.5 Å². The van der Waals surface area contributed by atoms with Gasteiger partial charge in [-0.3, -0.25) is 5.10 Å². The fourth-order valence-electron chi connectivity index (χ4n) is 2.72. The molecular formula is C19H18ClF2N3O2S. The van der Waals surface area contributed by atoms with Crippen LogP contribution in [-0.2, 0) is 16.4 Å². The topological polar surface area (TPSA) is 66.1 Å². The smallest absolute Gasteiger partial charge is 0.244 e. The molecule has 2 aromatic carbocycles. The Kier molecular flexibility index (Phi) is 6.12. The summed E-state index contributed by atoms with van der Waals surface area (Å²) in [7, 11) is -2.36. The summed E-state index contributed by atoms with van der Waals surface area (Å²) in [5.74, 6) is -0.909. The van der Waals surface area contributed by atoms with Crippen LogP contribution in [0.25, 0.3) is 11.3 Å². The molecule has 0 atom stereocenters. The number of benzene rings is 2. The number of aromatic amines is 1. The molecule has 28 heavy (non-hydrogen) atoms. The highest BCUT2D eigenvalue weighted by Gasteiger charge is 2.23. The van der Waals surface area contributed by atoms with E-state index in [9.17, 15) is 17.2 Å². The van der Waals surface area contributed by atoms with Crippen LogP contribution in [0.4, 0.5) is 8.78 Å². The molecule has 148 valence electrons. The molecular weight excluding hydrogens is 408 g/mol. The summed E-state index contributed by atoms with van der Waals surface area (Å²) in [5, 5.41) is 6.95. The van der Waals surface area contributed by atoms with Crippen LogP contribution in [0.1, 0.15) is 12.1 Å². The molecule has 9 heteroatoms. The van der Waals surface area contributed by atoms with Crippen molar-refractivity contribution in [3.05, 3.63) is 70.9 Å². The number of halogens is 3. The van der Waals surface area contributed by atoms with Gasteiger partial charge in [-0.1, -0.05) is 11.6 Å². The van der Waals surface area contributed by atoms with E-state index < -0.39 is 15.8 Å². The Bertz CT molecular complexity index is 1070. The molecule has 0 aliphatic heterocycles. The van der Waals surface area contributed by atoms with E-state index in [0.29, 0.717) is 18.5 Å². The van der Waals surface area contributed by atoms with Gasteiger partial charge in [0.25, 0.3) is 0 Å². The summed E-state index contributed by atoms with van der Waals surface area (Å²) in [4.78, 5) is -0.127. The molecule has 0 aliphatic carbocycles. The Balaban J connectivity index is 1.61. The van der Waals surface area contributed by atoms with Gasteiger partial charge >= 0.3 is 0 Å². The molecule has 0 radical (unpaired) electrons. The molecule has 0 unspecified atom stereocenters. The quantitative estimate of drug-likeness (QED) is 0.615. The molecule has 5 nitrogen and oxygen atoms in total. The Morgan fingerprint density at radius 3 is 2.43 bits per heavy atom. The molecule has 1 N–H and O–H groups in total. The van der Waals surface area contributed by atoms with E-state index in [4.69, 9.17) is 11.6 Å². The van der Waals surface area contributed by atoms with Crippen LogP contribution >= 0.6 is 11.6 Å². The van der Waals surface area contributed by atoms with Crippen LogP contribution < -0.4 is 0 Å². The normalized spacial score (nSPS) is 11.9. The van der Waals surface area contributed by atoms with Crippen molar-refractivity contribution in [2.75, 3.05) is 13.6 Å². The number of aromatic nitrogens is 2. The van der Waals surface area contributed by atoms with Gasteiger partial charge in [-0.15, -0.1) is 0 Å². The summed E-state index contributed by atoms with van der Waals surface area (Å²) in [6, 6.07) is 11.1. The minimum Gasteiger partial charge on any atom is -0.282 e. The molecule has 0 saturated heterocycles. The lowest BCUT2D eigenvalue weighted by molar-refractivity contribution is 0.460. The number of hydrogen-bond donors (Lipinski definition) is 1. The molecule has 0 bridgehead atoms. The maximum Gasteiger partial charge on any atom is 0.244 e. The number of rotatable bonds is 7. The van der Waals surface area contributed by atoms with Crippen LogP contribution in [0, 0.1) is 11.6 Å². The monoisotopic (exact) mass is 425 g/mol. The average molecular weight is 426 g/mol. The first-order valence-electron chi connectivity index (χ1n) is 8.49. The minimum absolute atomic E-state index is 0.127. The van der Waals surface area contributed by atoms with Gasteiger partial charge in [0.15, 0.2) is 0 Å². The third-order valence-electron chi connectivity index (χ3n) is 4.27. The van der Waals surface area contributed by atoms with Crippen LogP contribution in [0.2, 0.25) is 5.02 Å². The first kappa shape index (κ1) is 20.4. The van der Waals surface area contributed by atoms with Crippen molar-refractivity contribution in [3.8, 4) is 11.3 Å². The van der Waals surface area contributed by atoms with Crippen molar-refractivity contribution < 1.29 is 17.2 Å². The zero-order valence-corrected chi connectivity index (χ0v) is 16.6. The van der Waals surface area contributed by atoms with E-state index in [1.54, 1.807) is 12.1 Å². The zero-order valence-electron chi connectivity index (χ0n) is 15.0. The summed E-state index contributed by atoms with van der Waals surface area (Å²) in [5.41, 5.74) is 2.31. The molecule has 0 fully saturated rings. The summed E-state index contributed by atoms with van der Waals surface area (Å²) >= 11 is 5.88. The number of hydrogen-bond acceptors (Lipinski definition) is 3. The second-order valence-corrected chi connectivity index (χ2v) is 8.71. The van der Waals surface area contributed by atoms with Gasteiger partial charge in [-0.2, -0.15) is 5.10 Å². The van der Waals surface area contributed by atoms with E-state index in [0.717, 1.165) is 29.5 Å². The molecule has 1 aromatic heterocycles. The number of sulfonamides is 1. The van der Waals surface area contributed by atoms with Crippen LogP contribution in [0.15, 0.2) is 53.4 Å². The number of aryl methyl sites for hydroxylation is 1. The van der Waals surface area contributed by atoms with Crippen molar-refractivity contribution >= 4 is 21.6 Å². The maximum absolute atomic E-state index is 13.2. The zero-order chi connectivity index (χ0) is 20.3. The SMILES string of the molecule is CN(CCCc1cc(-c2ccc(F)cc2)n[nH]1)S(=O)(=O)c1ccc(F)cc1Cl. The molecule has 1 heterocycles. The number of H-pyrrole nitrogens is 1. The van der Waals surface area contributed by atoms with Crippen molar-refractivity contribution in [1.29, 1.82) is 0 Å². The van der Waals surface area contributed by atoms with Crippen LogP contribution in [0.3, 0.4) is 0 Å². The largest absolute Gasteiger partial charge is 0.282 e. The molecule has 3 aromatic rings. The maximum atomic E-state index is 13.2. The van der Waals surface area contributed by atoms with Crippen molar-refractivity contribution in [2.45, 2.75) is 17.7 Å². The minimum atomic E-state index is -3.81. The van der Waals surface area contributed by atoms with Gasteiger partial charge in [0.05, 0.1) is 10.7 Å². The summed E-state index contributed by atoms with van der Waals surface area (Å²) in [6.45, 7) is 0.251. The van der Waals surface area contributed by atoms with Crippen LogP contribution in [0.5, 0.6) is 0 Å². The second kappa shape index (κ2) is 8.38. The summed E-state index contributed by atoms with van der Waals surface area (Å²) < 4.78 is 52.5. The first-order valence-corrected chi connectivity index (χ1v) is 10.3. The third kappa shape index (κ3) is 4.57. The molecule has 3 rings (SSSR count). The van der Waals surface area contributed by atoms with Gasteiger partial charge < -0.3 is 0 Å².